The Bertz CT molecular complexity index is 1050. The molecule has 2 aromatic carbocycles. The highest BCUT2D eigenvalue weighted by Crippen LogP contribution is 2.22. The predicted molar refractivity (Wildman–Crippen MR) is 138 cm³/mol. The summed E-state index contributed by atoms with van der Waals surface area (Å²) in [6.07, 6.45) is 1.07. The number of rotatable bonds is 9. The largest absolute Gasteiger partial charge is 0.369 e. The SMILES string of the molecule is CN(C)CCCNc1nc(CN2CCN(Cc3cc(Cl)cc(Cl)c3)CC2)nc2ccccc12. The van der Waals surface area contributed by atoms with Crippen molar-refractivity contribution in [3.63, 3.8) is 0 Å². The first-order valence-electron chi connectivity index (χ1n) is 11.5. The molecule has 176 valence electrons. The Hall–Kier alpha value is -1.96. The lowest BCUT2D eigenvalue weighted by atomic mass is 10.2. The van der Waals surface area contributed by atoms with Gasteiger partial charge in [-0.15, -0.1) is 0 Å². The number of hydrogen-bond acceptors (Lipinski definition) is 6. The van der Waals surface area contributed by atoms with Crippen LogP contribution in [0.2, 0.25) is 10.0 Å². The van der Waals surface area contributed by atoms with E-state index in [-0.39, 0.29) is 0 Å². The first-order chi connectivity index (χ1) is 16.0. The summed E-state index contributed by atoms with van der Waals surface area (Å²) in [4.78, 5) is 16.8. The van der Waals surface area contributed by atoms with Crippen LogP contribution >= 0.6 is 23.2 Å². The normalized spacial score (nSPS) is 15.4. The Morgan fingerprint density at radius 2 is 1.58 bits per heavy atom. The Morgan fingerprint density at radius 1 is 0.909 bits per heavy atom. The van der Waals surface area contributed by atoms with Crippen LogP contribution in [0.15, 0.2) is 42.5 Å². The van der Waals surface area contributed by atoms with Gasteiger partial charge in [0.15, 0.2) is 0 Å². The molecular formula is C25H32Cl2N6. The van der Waals surface area contributed by atoms with Crippen LogP contribution in [0.3, 0.4) is 0 Å². The van der Waals surface area contributed by atoms with Crippen LogP contribution < -0.4 is 5.32 Å². The predicted octanol–water partition coefficient (Wildman–Crippen LogP) is 4.62. The second-order valence-corrected chi connectivity index (χ2v) is 9.79. The van der Waals surface area contributed by atoms with Gasteiger partial charge in [0.1, 0.15) is 11.6 Å². The van der Waals surface area contributed by atoms with E-state index in [2.05, 4.69) is 46.2 Å². The Balaban J connectivity index is 1.36. The molecule has 1 fully saturated rings. The highest BCUT2D eigenvalue weighted by molar-refractivity contribution is 6.34. The van der Waals surface area contributed by atoms with Gasteiger partial charge in [0, 0.05) is 54.7 Å². The molecule has 0 atom stereocenters. The maximum atomic E-state index is 6.16. The van der Waals surface area contributed by atoms with Crippen molar-refractivity contribution in [1.82, 2.24) is 24.7 Å². The summed E-state index contributed by atoms with van der Waals surface area (Å²) in [5.41, 5.74) is 2.15. The molecule has 3 aromatic rings. The molecule has 0 unspecified atom stereocenters. The van der Waals surface area contributed by atoms with E-state index < -0.39 is 0 Å². The maximum Gasteiger partial charge on any atom is 0.145 e. The van der Waals surface area contributed by atoms with Crippen LogP contribution in [0.5, 0.6) is 0 Å². The van der Waals surface area contributed by atoms with E-state index in [0.29, 0.717) is 10.0 Å². The van der Waals surface area contributed by atoms with Crippen molar-refractivity contribution in [2.45, 2.75) is 19.5 Å². The summed E-state index contributed by atoms with van der Waals surface area (Å²) in [7, 11) is 4.20. The molecule has 0 radical (unpaired) electrons. The molecule has 6 nitrogen and oxygen atoms in total. The molecule has 1 saturated heterocycles. The molecule has 1 aliphatic rings. The van der Waals surface area contributed by atoms with Gasteiger partial charge in [-0.25, -0.2) is 9.97 Å². The number of benzene rings is 2. The van der Waals surface area contributed by atoms with Crippen molar-refractivity contribution >= 4 is 39.9 Å². The first kappa shape index (κ1) is 24.2. The molecule has 0 saturated carbocycles. The minimum atomic E-state index is 0.690. The number of nitrogens with zero attached hydrogens (tertiary/aromatic N) is 5. The molecular weight excluding hydrogens is 455 g/mol. The molecule has 0 amide bonds. The van der Waals surface area contributed by atoms with Crippen LogP contribution in [-0.2, 0) is 13.1 Å². The number of para-hydroxylation sites is 1. The lowest BCUT2D eigenvalue weighted by molar-refractivity contribution is 0.120. The van der Waals surface area contributed by atoms with E-state index in [4.69, 9.17) is 33.2 Å². The third kappa shape index (κ3) is 7.01. The number of nitrogens with one attached hydrogen (secondary N) is 1. The lowest BCUT2D eigenvalue weighted by Crippen LogP contribution is -2.45. The molecule has 0 bridgehead atoms. The number of hydrogen-bond donors (Lipinski definition) is 1. The van der Waals surface area contributed by atoms with E-state index in [1.165, 1.54) is 0 Å². The fourth-order valence-electron chi connectivity index (χ4n) is 4.20. The van der Waals surface area contributed by atoms with E-state index >= 15 is 0 Å². The lowest BCUT2D eigenvalue weighted by Gasteiger charge is -2.34. The highest BCUT2D eigenvalue weighted by atomic mass is 35.5. The number of aromatic nitrogens is 2. The summed E-state index contributed by atoms with van der Waals surface area (Å²) in [6.45, 7) is 7.52. The van der Waals surface area contributed by atoms with Gasteiger partial charge in [-0.05, 0) is 63.0 Å². The summed E-state index contributed by atoms with van der Waals surface area (Å²) in [6, 6.07) is 14.0. The smallest absolute Gasteiger partial charge is 0.145 e. The quantitative estimate of drug-likeness (QED) is 0.445. The summed E-state index contributed by atoms with van der Waals surface area (Å²) < 4.78 is 0. The van der Waals surface area contributed by atoms with Crippen LogP contribution in [0.25, 0.3) is 10.9 Å². The fourth-order valence-corrected chi connectivity index (χ4v) is 4.77. The van der Waals surface area contributed by atoms with Crippen LogP contribution in [0.1, 0.15) is 17.8 Å². The molecule has 1 aliphatic heterocycles. The van der Waals surface area contributed by atoms with E-state index in [9.17, 15) is 0 Å². The Labute approximate surface area is 206 Å². The minimum absolute atomic E-state index is 0.690. The van der Waals surface area contributed by atoms with Gasteiger partial charge >= 0.3 is 0 Å². The van der Waals surface area contributed by atoms with Gasteiger partial charge in [-0.1, -0.05) is 35.3 Å². The molecule has 0 spiro atoms. The average Bonchev–Trinajstić information content (AvgIpc) is 2.77. The maximum absolute atomic E-state index is 6.16. The van der Waals surface area contributed by atoms with Crippen molar-refractivity contribution in [3.05, 3.63) is 63.9 Å². The minimum Gasteiger partial charge on any atom is -0.369 e. The zero-order valence-electron chi connectivity index (χ0n) is 19.4. The molecule has 2 heterocycles. The Morgan fingerprint density at radius 3 is 2.27 bits per heavy atom. The Kier molecular flexibility index (Phi) is 8.39. The third-order valence-electron chi connectivity index (χ3n) is 5.88. The van der Waals surface area contributed by atoms with Gasteiger partial charge in [0.2, 0.25) is 0 Å². The van der Waals surface area contributed by atoms with Crippen LogP contribution in [0.4, 0.5) is 5.82 Å². The summed E-state index contributed by atoms with van der Waals surface area (Å²) >= 11 is 12.3. The zero-order valence-corrected chi connectivity index (χ0v) is 20.9. The third-order valence-corrected chi connectivity index (χ3v) is 6.32. The van der Waals surface area contributed by atoms with Gasteiger partial charge in [0.05, 0.1) is 12.1 Å². The van der Waals surface area contributed by atoms with Gasteiger partial charge in [-0.2, -0.15) is 0 Å². The van der Waals surface area contributed by atoms with Crippen molar-refractivity contribution in [1.29, 1.82) is 0 Å². The topological polar surface area (TPSA) is 47.5 Å². The fraction of sp³-hybridized carbons (Fsp3) is 0.440. The first-order valence-corrected chi connectivity index (χ1v) is 12.3. The second kappa shape index (κ2) is 11.4. The number of anilines is 1. The highest BCUT2D eigenvalue weighted by Gasteiger charge is 2.19. The van der Waals surface area contributed by atoms with Gasteiger partial charge < -0.3 is 10.2 Å². The summed E-state index contributed by atoms with van der Waals surface area (Å²) in [5.74, 6) is 1.81. The summed E-state index contributed by atoms with van der Waals surface area (Å²) in [5, 5.41) is 6.00. The van der Waals surface area contributed by atoms with Crippen molar-refractivity contribution in [3.8, 4) is 0 Å². The molecule has 33 heavy (non-hydrogen) atoms. The van der Waals surface area contributed by atoms with Gasteiger partial charge in [0.25, 0.3) is 0 Å². The molecule has 0 aliphatic carbocycles. The molecule has 1 aromatic heterocycles. The number of piperazine rings is 1. The zero-order chi connectivity index (χ0) is 23.2. The molecule has 1 N–H and O–H groups in total. The van der Waals surface area contributed by atoms with Gasteiger partial charge in [-0.3, -0.25) is 9.80 Å². The van der Waals surface area contributed by atoms with Crippen LogP contribution in [0, 0.1) is 0 Å². The molecule has 4 rings (SSSR count). The van der Waals surface area contributed by atoms with Crippen LogP contribution in [-0.4, -0.2) is 78.0 Å². The van der Waals surface area contributed by atoms with Crippen molar-refractivity contribution < 1.29 is 0 Å². The second-order valence-electron chi connectivity index (χ2n) is 8.92. The number of fused-ring (bicyclic) bond motifs is 1. The molecule has 8 heteroatoms. The van der Waals surface area contributed by atoms with E-state index in [0.717, 1.165) is 86.9 Å². The monoisotopic (exact) mass is 486 g/mol. The van der Waals surface area contributed by atoms with Crippen molar-refractivity contribution in [2.75, 3.05) is 58.7 Å². The number of halogens is 2. The van der Waals surface area contributed by atoms with E-state index in [1.54, 1.807) is 6.07 Å². The standard InChI is InChI=1S/C25H32Cl2N6/c1-31(2)9-5-8-28-25-22-6-3-4-7-23(22)29-24(30-25)18-33-12-10-32(11-13-33)17-19-14-20(26)16-21(27)15-19/h3-4,6-7,14-16H,5,8-13,17-18H2,1-2H3,(H,28,29,30). The average molecular weight is 487 g/mol. The van der Waals surface area contributed by atoms with Crippen molar-refractivity contribution in [2.24, 2.45) is 0 Å². The van der Waals surface area contributed by atoms with E-state index in [1.807, 2.05) is 24.3 Å².